The monoisotopic (exact) mass is 471 g/mol. The van der Waals surface area contributed by atoms with E-state index in [-0.39, 0.29) is 17.1 Å². The minimum Gasteiger partial charge on any atom is -0.455 e. The maximum atomic E-state index is 12.4. The van der Waals surface area contributed by atoms with Gasteiger partial charge in [-0.2, -0.15) is 0 Å². The van der Waals surface area contributed by atoms with Crippen molar-refractivity contribution in [2.24, 2.45) is 0 Å². The number of hydrogen-bond acceptors (Lipinski definition) is 3. The molecule has 4 nitrogen and oxygen atoms in total. The van der Waals surface area contributed by atoms with Gasteiger partial charge in [0.25, 0.3) is 0 Å². The van der Waals surface area contributed by atoms with E-state index in [1.54, 1.807) is 18.2 Å². The molecule has 0 aliphatic heterocycles. The summed E-state index contributed by atoms with van der Waals surface area (Å²) >= 11 is 0. The summed E-state index contributed by atoms with van der Waals surface area (Å²) in [5.74, 6) is 0.609. The molecular formula is C27H28F3NO3. The molecule has 34 heavy (non-hydrogen) atoms. The summed E-state index contributed by atoms with van der Waals surface area (Å²) in [4.78, 5) is 12.2. The molecule has 0 aliphatic rings. The third-order valence-corrected chi connectivity index (χ3v) is 5.10. The highest BCUT2D eigenvalue weighted by atomic mass is 19.4. The second kappa shape index (κ2) is 10.2. The molecule has 0 heterocycles. The van der Waals surface area contributed by atoms with E-state index in [1.807, 2.05) is 31.2 Å². The van der Waals surface area contributed by atoms with Crippen LogP contribution in [-0.2, 0) is 10.2 Å². The molecule has 0 bridgehead atoms. The molecule has 1 amide bonds. The van der Waals surface area contributed by atoms with Gasteiger partial charge in [0.05, 0.1) is 5.69 Å². The number of carbonyl (C=O) groups excluding carboxylic acids is 1. The van der Waals surface area contributed by atoms with Gasteiger partial charge in [0.1, 0.15) is 11.5 Å². The minimum absolute atomic E-state index is 0.000272. The SMILES string of the molecule is CCCC(=O)Nc1ccc(-c2ccc(OC(F)(F)F)cc2)cc1Oc1ccc(C(C)(C)C)cc1. The Hall–Kier alpha value is -3.48. The average molecular weight is 472 g/mol. The van der Waals surface area contributed by atoms with E-state index < -0.39 is 6.36 Å². The van der Waals surface area contributed by atoms with Crippen molar-refractivity contribution >= 4 is 11.6 Å². The molecule has 3 aromatic rings. The fraction of sp³-hybridized carbons (Fsp3) is 0.296. The Labute approximate surface area is 197 Å². The Morgan fingerprint density at radius 1 is 0.853 bits per heavy atom. The number of hydrogen-bond donors (Lipinski definition) is 1. The fourth-order valence-electron chi connectivity index (χ4n) is 3.33. The summed E-state index contributed by atoms with van der Waals surface area (Å²) in [5.41, 5.74) is 3.06. The van der Waals surface area contributed by atoms with Gasteiger partial charge in [0.2, 0.25) is 5.91 Å². The van der Waals surface area contributed by atoms with E-state index in [0.29, 0.717) is 41.2 Å². The topological polar surface area (TPSA) is 47.6 Å². The first kappa shape index (κ1) is 25.1. The third-order valence-electron chi connectivity index (χ3n) is 5.10. The largest absolute Gasteiger partial charge is 0.573 e. The van der Waals surface area contributed by atoms with Crippen LogP contribution >= 0.6 is 0 Å². The maximum Gasteiger partial charge on any atom is 0.573 e. The van der Waals surface area contributed by atoms with Gasteiger partial charge in [-0.3, -0.25) is 4.79 Å². The van der Waals surface area contributed by atoms with Crippen molar-refractivity contribution in [2.75, 3.05) is 5.32 Å². The van der Waals surface area contributed by atoms with Gasteiger partial charge < -0.3 is 14.8 Å². The van der Waals surface area contributed by atoms with Gasteiger partial charge in [-0.15, -0.1) is 13.2 Å². The second-order valence-electron chi connectivity index (χ2n) is 8.96. The Morgan fingerprint density at radius 2 is 1.44 bits per heavy atom. The van der Waals surface area contributed by atoms with Crippen molar-refractivity contribution in [3.8, 4) is 28.4 Å². The van der Waals surface area contributed by atoms with E-state index in [2.05, 4.69) is 30.8 Å². The molecule has 0 radical (unpaired) electrons. The van der Waals surface area contributed by atoms with E-state index in [0.717, 1.165) is 5.56 Å². The summed E-state index contributed by atoms with van der Waals surface area (Å²) in [6.45, 7) is 8.29. The maximum absolute atomic E-state index is 12.4. The predicted molar refractivity (Wildman–Crippen MR) is 127 cm³/mol. The van der Waals surface area contributed by atoms with Gasteiger partial charge in [0.15, 0.2) is 5.75 Å². The van der Waals surface area contributed by atoms with Crippen LogP contribution < -0.4 is 14.8 Å². The molecular weight excluding hydrogens is 443 g/mol. The molecule has 3 rings (SSSR count). The van der Waals surface area contributed by atoms with Crippen LogP contribution in [0.1, 0.15) is 46.1 Å². The Morgan fingerprint density at radius 3 is 2.00 bits per heavy atom. The number of anilines is 1. The molecule has 0 saturated carbocycles. The lowest BCUT2D eigenvalue weighted by Crippen LogP contribution is -2.16. The summed E-state index contributed by atoms with van der Waals surface area (Å²) in [6.07, 6.45) is -3.66. The second-order valence-corrected chi connectivity index (χ2v) is 8.96. The van der Waals surface area contributed by atoms with Gasteiger partial charge in [-0.25, -0.2) is 0 Å². The van der Waals surface area contributed by atoms with Gasteiger partial charge in [0, 0.05) is 6.42 Å². The van der Waals surface area contributed by atoms with Crippen molar-refractivity contribution in [3.63, 3.8) is 0 Å². The zero-order valence-electron chi connectivity index (χ0n) is 19.6. The van der Waals surface area contributed by atoms with Crippen molar-refractivity contribution < 1.29 is 27.4 Å². The highest BCUT2D eigenvalue weighted by molar-refractivity contribution is 5.93. The quantitative estimate of drug-likeness (QED) is 0.379. The predicted octanol–water partition coefficient (Wildman–Crippen LogP) is 8.08. The number of halogens is 3. The summed E-state index contributed by atoms with van der Waals surface area (Å²) in [5, 5.41) is 2.87. The number of alkyl halides is 3. The molecule has 0 unspecified atom stereocenters. The number of rotatable bonds is 7. The first-order chi connectivity index (χ1) is 15.9. The molecule has 7 heteroatoms. The lowest BCUT2D eigenvalue weighted by Gasteiger charge is -2.19. The van der Waals surface area contributed by atoms with Gasteiger partial charge >= 0.3 is 6.36 Å². The number of amides is 1. The van der Waals surface area contributed by atoms with Crippen LogP contribution in [0.15, 0.2) is 66.7 Å². The van der Waals surface area contributed by atoms with Crippen LogP contribution in [0.3, 0.4) is 0 Å². The third kappa shape index (κ3) is 7.01. The number of carbonyl (C=O) groups is 1. The fourth-order valence-corrected chi connectivity index (χ4v) is 3.33. The molecule has 3 aromatic carbocycles. The van der Waals surface area contributed by atoms with Crippen LogP contribution in [0.25, 0.3) is 11.1 Å². The molecule has 0 saturated heterocycles. The van der Waals surface area contributed by atoms with E-state index in [4.69, 9.17) is 4.74 Å². The molecule has 0 aromatic heterocycles. The van der Waals surface area contributed by atoms with E-state index >= 15 is 0 Å². The molecule has 0 fully saturated rings. The Bertz CT molecular complexity index is 1120. The molecule has 0 aliphatic carbocycles. The minimum atomic E-state index is -4.75. The molecule has 0 spiro atoms. The summed E-state index contributed by atoms with van der Waals surface area (Å²) in [6, 6.07) is 18.6. The molecule has 180 valence electrons. The average Bonchev–Trinajstić information content (AvgIpc) is 2.74. The highest BCUT2D eigenvalue weighted by Gasteiger charge is 2.31. The van der Waals surface area contributed by atoms with E-state index in [1.165, 1.54) is 24.3 Å². The molecule has 0 atom stereocenters. The van der Waals surface area contributed by atoms with Gasteiger partial charge in [-0.05, 0) is 64.9 Å². The zero-order chi connectivity index (χ0) is 24.9. The number of benzene rings is 3. The Balaban J connectivity index is 1.91. The van der Waals surface area contributed by atoms with E-state index in [9.17, 15) is 18.0 Å². The number of ether oxygens (including phenoxy) is 2. The number of nitrogens with one attached hydrogen (secondary N) is 1. The normalized spacial score (nSPS) is 11.7. The van der Waals surface area contributed by atoms with Crippen LogP contribution in [0.4, 0.5) is 18.9 Å². The summed E-state index contributed by atoms with van der Waals surface area (Å²) in [7, 11) is 0. The van der Waals surface area contributed by atoms with Crippen LogP contribution in [0.5, 0.6) is 17.2 Å². The van der Waals surface area contributed by atoms with Crippen molar-refractivity contribution in [2.45, 2.75) is 52.3 Å². The van der Waals surface area contributed by atoms with Gasteiger partial charge in [-0.1, -0.05) is 58.0 Å². The van der Waals surface area contributed by atoms with Crippen LogP contribution in [0.2, 0.25) is 0 Å². The van der Waals surface area contributed by atoms with Crippen molar-refractivity contribution in [3.05, 3.63) is 72.3 Å². The van der Waals surface area contributed by atoms with Crippen LogP contribution in [0, 0.1) is 0 Å². The first-order valence-corrected chi connectivity index (χ1v) is 11.0. The standard InChI is InChI=1S/C27H28F3NO3/c1-5-6-25(32)31-23-16-9-19(18-7-12-22(13-8-18)34-27(28,29)30)17-24(23)33-21-14-10-20(11-15-21)26(2,3)4/h7-17H,5-6H2,1-4H3,(H,31,32). The lowest BCUT2D eigenvalue weighted by atomic mass is 9.87. The zero-order valence-corrected chi connectivity index (χ0v) is 19.6. The van der Waals surface area contributed by atoms with Crippen molar-refractivity contribution in [1.29, 1.82) is 0 Å². The van der Waals surface area contributed by atoms with Crippen molar-refractivity contribution in [1.82, 2.24) is 0 Å². The smallest absolute Gasteiger partial charge is 0.455 e. The molecule has 1 N–H and O–H groups in total. The lowest BCUT2D eigenvalue weighted by molar-refractivity contribution is -0.274. The highest BCUT2D eigenvalue weighted by Crippen LogP contribution is 2.36. The Kier molecular flexibility index (Phi) is 7.54. The summed E-state index contributed by atoms with van der Waals surface area (Å²) < 4.78 is 47.4. The van der Waals surface area contributed by atoms with Crippen LogP contribution in [-0.4, -0.2) is 12.3 Å². The first-order valence-electron chi connectivity index (χ1n) is 11.0.